The molecule has 0 rings (SSSR count). The van der Waals surface area contributed by atoms with Gasteiger partial charge in [0.2, 0.25) is 6.73 Å². The topological polar surface area (TPSA) is 26.3 Å². The van der Waals surface area contributed by atoms with E-state index in [2.05, 4.69) is 27.4 Å². The zero-order valence-corrected chi connectivity index (χ0v) is 11.0. The van der Waals surface area contributed by atoms with Crippen molar-refractivity contribution in [2.24, 2.45) is 0 Å². The molecule has 0 amide bonds. The molecule has 0 heterocycles. The Hall–Kier alpha value is -0.830. The first-order chi connectivity index (χ1) is 7.64. The highest BCUT2D eigenvalue weighted by Gasteiger charge is 2.22. The molecule has 16 heavy (non-hydrogen) atoms. The van der Waals surface area contributed by atoms with Gasteiger partial charge in [-0.25, -0.2) is 0 Å². The Bertz CT molecular complexity index is 202. The fraction of sp³-hybridized carbons (Fsp3) is 0.769. The van der Waals surface area contributed by atoms with Crippen molar-refractivity contribution < 1.29 is 14.0 Å². The van der Waals surface area contributed by atoms with E-state index in [9.17, 15) is 4.79 Å². The second-order valence-corrected chi connectivity index (χ2v) is 4.12. The Balaban J connectivity index is 3.91. The predicted molar refractivity (Wildman–Crippen MR) is 66.9 cm³/mol. The number of ether oxygens (including phenoxy) is 1. The average Bonchev–Trinajstić information content (AvgIpc) is 2.32. The van der Waals surface area contributed by atoms with E-state index in [1.807, 2.05) is 6.08 Å². The maximum absolute atomic E-state index is 11.4. The zero-order chi connectivity index (χ0) is 12.4. The summed E-state index contributed by atoms with van der Waals surface area (Å²) in [6, 6.07) is 0. The van der Waals surface area contributed by atoms with Crippen LogP contribution in [0.5, 0.6) is 0 Å². The van der Waals surface area contributed by atoms with Gasteiger partial charge in [0, 0.05) is 6.42 Å². The van der Waals surface area contributed by atoms with E-state index in [-0.39, 0.29) is 5.97 Å². The van der Waals surface area contributed by atoms with Crippen molar-refractivity contribution in [3.63, 3.8) is 0 Å². The number of rotatable bonds is 9. The first-order valence-electron chi connectivity index (χ1n) is 6.25. The molecule has 0 atom stereocenters. The van der Waals surface area contributed by atoms with Crippen molar-refractivity contribution in [2.45, 2.75) is 40.0 Å². The number of nitrogens with zero attached hydrogens (tertiary/aromatic N) is 1. The number of quaternary nitrogens is 1. The largest absolute Gasteiger partial charge is 0.415 e. The lowest BCUT2D eigenvalue weighted by molar-refractivity contribution is -0.938. The van der Waals surface area contributed by atoms with Gasteiger partial charge in [-0.1, -0.05) is 6.08 Å². The molecule has 0 aromatic heterocycles. The highest BCUT2D eigenvalue weighted by Crippen LogP contribution is 2.07. The molecule has 0 unspecified atom stereocenters. The second-order valence-electron chi connectivity index (χ2n) is 4.12. The van der Waals surface area contributed by atoms with Crippen LogP contribution in [0.3, 0.4) is 0 Å². The smallest absolute Gasteiger partial charge is 0.310 e. The Labute approximate surface area is 99.7 Å². The highest BCUT2D eigenvalue weighted by atomic mass is 16.5. The molecule has 0 N–H and O–H groups in total. The molecule has 0 aliphatic rings. The molecule has 0 aliphatic carbocycles. The van der Waals surface area contributed by atoms with Crippen molar-refractivity contribution in [3.8, 4) is 0 Å². The van der Waals surface area contributed by atoms with Crippen molar-refractivity contribution in [3.05, 3.63) is 12.7 Å². The monoisotopic (exact) mass is 228 g/mol. The van der Waals surface area contributed by atoms with Gasteiger partial charge >= 0.3 is 5.97 Å². The number of unbranched alkanes of at least 4 members (excludes halogenated alkanes) is 1. The van der Waals surface area contributed by atoms with Crippen LogP contribution in [0.15, 0.2) is 12.7 Å². The van der Waals surface area contributed by atoms with Gasteiger partial charge in [-0.05, 0) is 33.6 Å². The molecule has 0 saturated heterocycles. The summed E-state index contributed by atoms with van der Waals surface area (Å²) in [5.74, 6) is -0.0836. The lowest BCUT2D eigenvalue weighted by Gasteiger charge is -2.34. The molecular weight excluding hydrogens is 202 g/mol. The third-order valence-corrected chi connectivity index (χ3v) is 3.30. The van der Waals surface area contributed by atoms with Gasteiger partial charge in [0.05, 0.1) is 19.6 Å². The predicted octanol–water partition coefficient (Wildman–Crippen LogP) is 2.72. The molecule has 0 radical (unpaired) electrons. The molecule has 3 heteroatoms. The van der Waals surface area contributed by atoms with Crippen molar-refractivity contribution in [1.82, 2.24) is 0 Å². The minimum Gasteiger partial charge on any atom is -0.415 e. The second kappa shape index (κ2) is 8.34. The molecule has 0 aromatic rings. The Kier molecular flexibility index (Phi) is 7.90. The van der Waals surface area contributed by atoms with Crippen molar-refractivity contribution in [2.75, 3.05) is 26.4 Å². The molecule has 0 spiro atoms. The summed E-state index contributed by atoms with van der Waals surface area (Å²) in [7, 11) is 0. The number of carbonyl (C=O) groups excluding carboxylic acids is 1. The highest BCUT2D eigenvalue weighted by molar-refractivity contribution is 5.69. The SMILES string of the molecule is C=CCCCC(=O)OC[N+](CC)(CC)CC. The van der Waals surface area contributed by atoms with Crippen molar-refractivity contribution in [1.29, 1.82) is 0 Å². The minimum atomic E-state index is -0.0836. The Morgan fingerprint density at radius 2 is 1.81 bits per heavy atom. The number of hydrogen-bond donors (Lipinski definition) is 0. The molecule has 0 saturated carbocycles. The van der Waals surface area contributed by atoms with Crippen LogP contribution in [-0.2, 0) is 9.53 Å². The zero-order valence-electron chi connectivity index (χ0n) is 11.0. The van der Waals surface area contributed by atoms with Crippen molar-refractivity contribution >= 4 is 5.97 Å². The molecule has 0 bridgehead atoms. The molecule has 0 aliphatic heterocycles. The fourth-order valence-corrected chi connectivity index (χ4v) is 1.62. The molecule has 0 aromatic carbocycles. The quantitative estimate of drug-likeness (QED) is 0.199. The van der Waals surface area contributed by atoms with Gasteiger partial charge in [-0.15, -0.1) is 6.58 Å². The lowest BCUT2D eigenvalue weighted by Crippen LogP contribution is -2.49. The summed E-state index contributed by atoms with van der Waals surface area (Å²) in [6.07, 6.45) is 4.05. The number of allylic oxidation sites excluding steroid dienone is 1. The summed E-state index contributed by atoms with van der Waals surface area (Å²) in [5, 5.41) is 0. The lowest BCUT2D eigenvalue weighted by atomic mass is 10.2. The molecule has 3 nitrogen and oxygen atoms in total. The van der Waals surface area contributed by atoms with Gasteiger partial charge in [-0.3, -0.25) is 9.28 Å². The summed E-state index contributed by atoms with van der Waals surface area (Å²) in [4.78, 5) is 11.4. The summed E-state index contributed by atoms with van der Waals surface area (Å²) >= 11 is 0. The van der Waals surface area contributed by atoms with Gasteiger partial charge in [0.15, 0.2) is 0 Å². The average molecular weight is 228 g/mol. The van der Waals surface area contributed by atoms with Crippen LogP contribution in [0.4, 0.5) is 0 Å². The van der Waals surface area contributed by atoms with Crippen LogP contribution in [0.25, 0.3) is 0 Å². The van der Waals surface area contributed by atoms with Crippen LogP contribution in [0, 0.1) is 0 Å². The van der Waals surface area contributed by atoms with Crippen LogP contribution in [-0.4, -0.2) is 36.8 Å². The van der Waals surface area contributed by atoms with E-state index in [0.29, 0.717) is 13.2 Å². The van der Waals surface area contributed by atoms with Gasteiger partial charge in [-0.2, -0.15) is 0 Å². The Morgan fingerprint density at radius 1 is 1.25 bits per heavy atom. The third-order valence-electron chi connectivity index (χ3n) is 3.30. The van der Waals surface area contributed by atoms with Gasteiger partial charge < -0.3 is 4.74 Å². The molecule has 94 valence electrons. The van der Waals surface area contributed by atoms with E-state index in [4.69, 9.17) is 4.74 Å². The van der Waals surface area contributed by atoms with E-state index in [0.717, 1.165) is 37.0 Å². The van der Waals surface area contributed by atoms with Crippen LogP contribution >= 0.6 is 0 Å². The first kappa shape index (κ1) is 15.2. The third kappa shape index (κ3) is 5.31. The standard InChI is InChI=1S/C13H26NO2/c1-5-9-10-11-13(15)16-12-14(6-2,7-3)8-4/h5H,1,6-12H2,2-4H3/q+1. The maximum Gasteiger partial charge on any atom is 0.310 e. The summed E-state index contributed by atoms with van der Waals surface area (Å²) in [6.45, 7) is 13.6. The van der Waals surface area contributed by atoms with Crippen LogP contribution in [0.2, 0.25) is 0 Å². The number of esters is 1. The van der Waals surface area contributed by atoms with Crippen LogP contribution < -0.4 is 0 Å². The van der Waals surface area contributed by atoms with Gasteiger partial charge in [0.25, 0.3) is 0 Å². The van der Waals surface area contributed by atoms with E-state index >= 15 is 0 Å². The summed E-state index contributed by atoms with van der Waals surface area (Å²) < 4.78 is 6.18. The van der Waals surface area contributed by atoms with Gasteiger partial charge in [0.1, 0.15) is 0 Å². The van der Waals surface area contributed by atoms with E-state index in [1.54, 1.807) is 0 Å². The molecular formula is C13H26NO2+. The minimum absolute atomic E-state index is 0.0836. The Morgan fingerprint density at radius 3 is 2.25 bits per heavy atom. The van der Waals surface area contributed by atoms with E-state index in [1.165, 1.54) is 0 Å². The van der Waals surface area contributed by atoms with E-state index < -0.39 is 0 Å². The molecule has 0 fully saturated rings. The number of carbonyl (C=O) groups is 1. The fourth-order valence-electron chi connectivity index (χ4n) is 1.62. The number of hydrogen-bond acceptors (Lipinski definition) is 2. The summed E-state index contributed by atoms with van der Waals surface area (Å²) in [5.41, 5.74) is 0. The maximum atomic E-state index is 11.4. The normalized spacial score (nSPS) is 11.2. The van der Waals surface area contributed by atoms with Crippen LogP contribution in [0.1, 0.15) is 40.0 Å². The first-order valence-corrected chi connectivity index (χ1v) is 6.25.